The van der Waals surface area contributed by atoms with Gasteiger partial charge in [0.1, 0.15) is 11.4 Å². The number of carbonyl (C=O) groups excluding carboxylic acids is 2. The molecule has 1 aromatic heterocycles. The van der Waals surface area contributed by atoms with Crippen LogP contribution < -0.4 is 10.1 Å². The zero-order valence-corrected chi connectivity index (χ0v) is 14.9. The Hall–Kier alpha value is -3.03. The van der Waals surface area contributed by atoms with Gasteiger partial charge in [0.05, 0.1) is 13.7 Å². The highest BCUT2D eigenvalue weighted by Crippen LogP contribution is 2.23. The predicted octanol–water partition coefficient (Wildman–Crippen LogP) is 1.72. The van der Waals surface area contributed by atoms with Crippen LogP contribution in [0.5, 0.6) is 5.75 Å². The van der Waals surface area contributed by atoms with Crippen molar-refractivity contribution >= 4 is 11.9 Å². The minimum absolute atomic E-state index is 0.0387. The fourth-order valence-electron chi connectivity index (χ4n) is 2.81. The van der Waals surface area contributed by atoms with Crippen LogP contribution >= 0.6 is 0 Å². The van der Waals surface area contributed by atoms with E-state index in [4.69, 9.17) is 9.26 Å². The molecular weight excluding hydrogens is 336 g/mol. The van der Waals surface area contributed by atoms with Crippen LogP contribution in [0.3, 0.4) is 0 Å². The average molecular weight is 358 g/mol. The first-order valence-corrected chi connectivity index (χ1v) is 8.45. The highest BCUT2D eigenvalue weighted by Gasteiger charge is 2.22. The van der Waals surface area contributed by atoms with Gasteiger partial charge in [0.25, 0.3) is 0 Å². The molecule has 1 aliphatic rings. The average Bonchev–Trinajstić information content (AvgIpc) is 3.15. The van der Waals surface area contributed by atoms with E-state index in [1.807, 2.05) is 24.3 Å². The summed E-state index contributed by atoms with van der Waals surface area (Å²) in [6.07, 6.45) is 0. The smallest absolute Gasteiger partial charge is 0.317 e. The van der Waals surface area contributed by atoms with Gasteiger partial charge in [0.2, 0.25) is 5.91 Å². The molecule has 1 fully saturated rings. The summed E-state index contributed by atoms with van der Waals surface area (Å²) >= 11 is 0. The Kier molecular flexibility index (Phi) is 5.40. The third-order valence-corrected chi connectivity index (χ3v) is 4.35. The number of ether oxygens (including phenoxy) is 1. The molecule has 0 aliphatic carbocycles. The largest absolute Gasteiger partial charge is 0.497 e. The van der Waals surface area contributed by atoms with Crippen molar-refractivity contribution in [3.8, 4) is 17.0 Å². The molecule has 26 heavy (non-hydrogen) atoms. The highest BCUT2D eigenvalue weighted by molar-refractivity contribution is 5.76. The zero-order valence-electron chi connectivity index (χ0n) is 14.9. The molecule has 3 amide bonds. The van der Waals surface area contributed by atoms with Gasteiger partial charge < -0.3 is 24.4 Å². The van der Waals surface area contributed by atoms with Gasteiger partial charge >= 0.3 is 6.03 Å². The molecule has 8 heteroatoms. The maximum atomic E-state index is 12.2. The van der Waals surface area contributed by atoms with Gasteiger partial charge in [-0.25, -0.2) is 4.79 Å². The number of carbonyl (C=O) groups is 2. The molecule has 3 rings (SSSR count). The first-order valence-electron chi connectivity index (χ1n) is 8.45. The summed E-state index contributed by atoms with van der Waals surface area (Å²) in [5, 5.41) is 6.87. The zero-order chi connectivity index (χ0) is 18.5. The van der Waals surface area contributed by atoms with Crippen LogP contribution in [0.1, 0.15) is 12.7 Å². The molecule has 2 heterocycles. The van der Waals surface area contributed by atoms with Crippen molar-refractivity contribution < 1.29 is 18.8 Å². The van der Waals surface area contributed by atoms with Gasteiger partial charge in [-0.05, 0) is 12.1 Å². The molecule has 0 atom stereocenters. The summed E-state index contributed by atoms with van der Waals surface area (Å²) in [7, 11) is 1.61. The number of amides is 3. The number of nitrogens with zero attached hydrogens (tertiary/aromatic N) is 3. The number of aromatic nitrogens is 1. The predicted molar refractivity (Wildman–Crippen MR) is 94.6 cm³/mol. The number of hydrogen-bond donors (Lipinski definition) is 1. The van der Waals surface area contributed by atoms with E-state index in [0.717, 1.165) is 11.3 Å². The van der Waals surface area contributed by atoms with Gasteiger partial charge in [0.15, 0.2) is 5.76 Å². The van der Waals surface area contributed by atoms with Crippen molar-refractivity contribution in [2.75, 3.05) is 33.3 Å². The number of nitrogens with one attached hydrogen (secondary N) is 1. The Bertz CT molecular complexity index is 781. The molecule has 0 unspecified atom stereocenters. The minimum atomic E-state index is -0.174. The van der Waals surface area contributed by atoms with Gasteiger partial charge in [-0.1, -0.05) is 17.3 Å². The second kappa shape index (κ2) is 7.90. The molecule has 0 bridgehead atoms. The Morgan fingerprint density at radius 3 is 2.62 bits per heavy atom. The number of rotatable bonds is 4. The van der Waals surface area contributed by atoms with Crippen LogP contribution in [0.15, 0.2) is 34.9 Å². The summed E-state index contributed by atoms with van der Waals surface area (Å²) in [6.45, 7) is 3.96. The fraction of sp³-hybridized carbons (Fsp3) is 0.389. The fourth-order valence-corrected chi connectivity index (χ4v) is 2.81. The van der Waals surface area contributed by atoms with Crippen molar-refractivity contribution in [3.63, 3.8) is 0 Å². The van der Waals surface area contributed by atoms with E-state index in [9.17, 15) is 9.59 Å². The molecule has 1 aromatic carbocycles. The normalized spacial score (nSPS) is 14.2. The highest BCUT2D eigenvalue weighted by atomic mass is 16.5. The van der Waals surface area contributed by atoms with E-state index < -0.39 is 0 Å². The second-order valence-corrected chi connectivity index (χ2v) is 6.06. The van der Waals surface area contributed by atoms with Crippen LogP contribution in [-0.4, -0.2) is 60.2 Å². The Balaban J connectivity index is 1.53. The maximum absolute atomic E-state index is 12.2. The molecule has 1 aliphatic heterocycles. The van der Waals surface area contributed by atoms with E-state index in [1.54, 1.807) is 29.9 Å². The topological polar surface area (TPSA) is 87.9 Å². The lowest BCUT2D eigenvalue weighted by Gasteiger charge is -2.34. The SMILES string of the molecule is COc1cccc(-c2cc(CNC(=O)N3CCN(C(C)=O)CC3)on2)c1. The van der Waals surface area contributed by atoms with E-state index in [0.29, 0.717) is 37.6 Å². The molecule has 1 N–H and O–H groups in total. The van der Waals surface area contributed by atoms with Crippen molar-refractivity contribution in [1.82, 2.24) is 20.3 Å². The van der Waals surface area contributed by atoms with E-state index in [1.165, 1.54) is 0 Å². The third kappa shape index (κ3) is 4.14. The molecule has 8 nitrogen and oxygen atoms in total. The molecule has 1 saturated heterocycles. The van der Waals surface area contributed by atoms with Crippen LogP contribution in [0, 0.1) is 0 Å². The lowest BCUT2D eigenvalue weighted by molar-refractivity contribution is -0.130. The van der Waals surface area contributed by atoms with Gasteiger partial charge in [-0.3, -0.25) is 4.79 Å². The Labute approximate surface area is 151 Å². The van der Waals surface area contributed by atoms with Crippen molar-refractivity contribution in [2.45, 2.75) is 13.5 Å². The Morgan fingerprint density at radius 2 is 1.92 bits per heavy atom. The molecule has 2 aromatic rings. The van der Waals surface area contributed by atoms with E-state index >= 15 is 0 Å². The van der Waals surface area contributed by atoms with Gasteiger partial charge in [-0.2, -0.15) is 0 Å². The summed E-state index contributed by atoms with van der Waals surface area (Å²) < 4.78 is 10.5. The number of benzene rings is 1. The van der Waals surface area contributed by atoms with Crippen molar-refractivity contribution in [2.24, 2.45) is 0 Å². The molecule has 0 spiro atoms. The second-order valence-electron chi connectivity index (χ2n) is 6.06. The maximum Gasteiger partial charge on any atom is 0.317 e. The lowest BCUT2D eigenvalue weighted by atomic mass is 10.1. The quantitative estimate of drug-likeness (QED) is 0.899. The molecule has 138 valence electrons. The van der Waals surface area contributed by atoms with Crippen LogP contribution in [0.25, 0.3) is 11.3 Å². The van der Waals surface area contributed by atoms with Crippen molar-refractivity contribution in [1.29, 1.82) is 0 Å². The monoisotopic (exact) mass is 358 g/mol. The minimum Gasteiger partial charge on any atom is -0.497 e. The molecule has 0 radical (unpaired) electrons. The van der Waals surface area contributed by atoms with E-state index in [2.05, 4.69) is 10.5 Å². The van der Waals surface area contributed by atoms with E-state index in [-0.39, 0.29) is 18.5 Å². The van der Waals surface area contributed by atoms with Crippen molar-refractivity contribution in [3.05, 3.63) is 36.1 Å². The Morgan fingerprint density at radius 1 is 1.19 bits per heavy atom. The van der Waals surface area contributed by atoms with Gasteiger partial charge in [-0.15, -0.1) is 0 Å². The van der Waals surface area contributed by atoms with Crippen LogP contribution in [0.2, 0.25) is 0 Å². The third-order valence-electron chi connectivity index (χ3n) is 4.35. The standard InChI is InChI=1S/C18H22N4O4/c1-13(23)21-6-8-22(9-7-21)18(24)19-12-16-11-17(20-26-16)14-4-3-5-15(10-14)25-2/h3-5,10-11H,6-9,12H2,1-2H3,(H,19,24). The van der Waals surface area contributed by atoms with Crippen LogP contribution in [-0.2, 0) is 11.3 Å². The molecule has 0 saturated carbocycles. The first-order chi connectivity index (χ1) is 12.6. The summed E-state index contributed by atoms with van der Waals surface area (Å²) in [6, 6.07) is 9.14. The number of hydrogen-bond acceptors (Lipinski definition) is 5. The lowest BCUT2D eigenvalue weighted by Crippen LogP contribution is -2.52. The number of piperazine rings is 1. The van der Waals surface area contributed by atoms with Crippen LogP contribution in [0.4, 0.5) is 4.79 Å². The summed E-state index contributed by atoms with van der Waals surface area (Å²) in [5.74, 6) is 1.35. The summed E-state index contributed by atoms with van der Waals surface area (Å²) in [5.41, 5.74) is 1.56. The van der Waals surface area contributed by atoms with Gasteiger partial charge in [0, 0.05) is 44.7 Å². The first kappa shape index (κ1) is 17.8. The number of urea groups is 1. The summed E-state index contributed by atoms with van der Waals surface area (Å²) in [4.78, 5) is 27.0. The number of methoxy groups -OCH3 is 1. The molecular formula is C18H22N4O4.